The lowest BCUT2D eigenvalue weighted by atomic mass is 9.94. The first-order valence-electron chi connectivity index (χ1n) is 8.88. The highest BCUT2D eigenvalue weighted by Crippen LogP contribution is 2.39. The Kier molecular flexibility index (Phi) is 5.67. The number of benzene rings is 1. The zero-order chi connectivity index (χ0) is 22.4. The van der Waals surface area contributed by atoms with Crippen LogP contribution in [0.5, 0.6) is 0 Å². The zero-order valence-electron chi connectivity index (χ0n) is 16.2. The van der Waals surface area contributed by atoms with Crippen molar-refractivity contribution in [2.45, 2.75) is 25.6 Å². The predicted molar refractivity (Wildman–Crippen MR) is 112 cm³/mol. The highest BCUT2D eigenvalue weighted by molar-refractivity contribution is 7.80. The molecule has 1 aromatic rings. The van der Waals surface area contributed by atoms with Gasteiger partial charge in [0.2, 0.25) is 5.91 Å². The number of nitrogens with one attached hydrogen (secondary N) is 1. The quantitative estimate of drug-likeness (QED) is 0.715. The first kappa shape index (κ1) is 21.9. The van der Waals surface area contributed by atoms with E-state index in [1.165, 1.54) is 42.3 Å². The van der Waals surface area contributed by atoms with Crippen molar-refractivity contribution in [1.29, 1.82) is 5.26 Å². The van der Waals surface area contributed by atoms with Crippen LogP contribution in [-0.4, -0.2) is 40.6 Å². The van der Waals surface area contributed by atoms with Crippen LogP contribution in [0.15, 0.2) is 36.1 Å². The van der Waals surface area contributed by atoms with Gasteiger partial charge in [-0.3, -0.25) is 14.5 Å². The molecule has 1 aromatic carbocycles. The molecule has 10 heteroatoms. The third-order valence-corrected chi connectivity index (χ3v) is 5.78. The summed E-state index contributed by atoms with van der Waals surface area (Å²) in [5.41, 5.74) is -1.27. The van der Waals surface area contributed by atoms with E-state index in [9.17, 15) is 18.4 Å². The summed E-state index contributed by atoms with van der Waals surface area (Å²) in [5.74, 6) is -2.99. The summed E-state index contributed by atoms with van der Waals surface area (Å²) in [5, 5.41) is 10.9. The molecular weight excluding hydrogens is 434 g/mol. The van der Waals surface area contributed by atoms with E-state index in [-0.39, 0.29) is 22.1 Å². The van der Waals surface area contributed by atoms with E-state index in [0.717, 1.165) is 4.90 Å². The molecule has 6 nitrogen and oxygen atoms in total. The van der Waals surface area contributed by atoms with E-state index in [1.807, 2.05) is 0 Å². The summed E-state index contributed by atoms with van der Waals surface area (Å²) in [7, 11) is 1.41. The minimum Gasteiger partial charge on any atom is -0.359 e. The van der Waals surface area contributed by atoms with Gasteiger partial charge in [-0.2, -0.15) is 5.26 Å². The second kappa shape index (κ2) is 7.78. The summed E-state index contributed by atoms with van der Waals surface area (Å²) in [6.07, 6.45) is 2.47. The number of alkyl halides is 1. The second-order valence-electron chi connectivity index (χ2n) is 7.22. The van der Waals surface area contributed by atoms with Crippen molar-refractivity contribution < 1.29 is 18.4 Å². The van der Waals surface area contributed by atoms with Crippen LogP contribution >= 0.6 is 23.8 Å². The molecule has 2 unspecified atom stereocenters. The van der Waals surface area contributed by atoms with Gasteiger partial charge in [0.1, 0.15) is 17.8 Å². The summed E-state index contributed by atoms with van der Waals surface area (Å²) < 4.78 is 29.4. The van der Waals surface area contributed by atoms with Gasteiger partial charge in [-0.05, 0) is 50.4 Å². The van der Waals surface area contributed by atoms with Gasteiger partial charge in [0.15, 0.2) is 10.9 Å². The van der Waals surface area contributed by atoms with E-state index in [0.29, 0.717) is 0 Å². The minimum absolute atomic E-state index is 0.0776. The Hall–Kier alpha value is -2.83. The average Bonchev–Trinajstić information content (AvgIpc) is 2.88. The lowest BCUT2D eigenvalue weighted by Gasteiger charge is -2.32. The van der Waals surface area contributed by atoms with Crippen LogP contribution in [0.25, 0.3) is 0 Å². The molecule has 1 aliphatic carbocycles. The number of nitrogens with zero attached hydrogens (tertiary/aromatic N) is 3. The number of halogens is 3. The molecule has 2 atom stereocenters. The number of rotatable bonds is 3. The fourth-order valence-electron chi connectivity index (χ4n) is 3.42. The number of hydrogen-bond acceptors (Lipinski definition) is 4. The molecule has 0 spiro atoms. The maximum atomic E-state index is 14.8. The lowest BCUT2D eigenvalue weighted by molar-refractivity contribution is -0.124. The summed E-state index contributed by atoms with van der Waals surface area (Å²) in [4.78, 5) is 27.3. The molecular formula is C20H17ClF2N4O2S. The minimum atomic E-state index is -1.63. The molecule has 1 N–H and O–H groups in total. The first-order valence-corrected chi connectivity index (χ1v) is 9.67. The smallest absolute Gasteiger partial charge is 0.259 e. The van der Waals surface area contributed by atoms with Gasteiger partial charge in [0, 0.05) is 12.7 Å². The Morgan fingerprint density at radius 1 is 1.40 bits per heavy atom. The largest absolute Gasteiger partial charge is 0.359 e. The second-order valence-corrected chi connectivity index (χ2v) is 7.97. The van der Waals surface area contributed by atoms with Crippen molar-refractivity contribution in [3.05, 3.63) is 52.5 Å². The molecule has 30 heavy (non-hydrogen) atoms. The number of carbonyl (C=O) groups excluding carboxylic acids is 2. The van der Waals surface area contributed by atoms with Crippen LogP contribution in [0.1, 0.15) is 19.4 Å². The summed E-state index contributed by atoms with van der Waals surface area (Å²) in [6.45, 7) is 3.13. The van der Waals surface area contributed by atoms with Crippen LogP contribution in [0.2, 0.25) is 5.02 Å². The van der Waals surface area contributed by atoms with Crippen molar-refractivity contribution >= 4 is 46.4 Å². The van der Waals surface area contributed by atoms with Gasteiger partial charge in [-0.15, -0.1) is 0 Å². The predicted octanol–water partition coefficient (Wildman–Crippen LogP) is 3.22. The molecule has 0 aromatic heterocycles. The van der Waals surface area contributed by atoms with Gasteiger partial charge < -0.3 is 10.2 Å². The lowest BCUT2D eigenvalue weighted by Crippen LogP contribution is -2.44. The maximum absolute atomic E-state index is 14.8. The molecule has 1 saturated heterocycles. The van der Waals surface area contributed by atoms with Crippen LogP contribution in [0.3, 0.4) is 0 Å². The highest BCUT2D eigenvalue weighted by atomic mass is 35.5. The summed E-state index contributed by atoms with van der Waals surface area (Å²) >= 11 is 11.3. The molecule has 1 heterocycles. The fraction of sp³-hybridized carbons (Fsp3) is 0.300. The number of anilines is 1. The third-order valence-electron chi connectivity index (χ3n) is 5.05. The Morgan fingerprint density at radius 2 is 2.07 bits per heavy atom. The fourth-order valence-corrected chi connectivity index (χ4v) is 4.13. The number of amides is 2. The standard InChI is InChI=1S/C20H17ClF2N4O2S/c1-20(2)18(29)26(14-7-4-10(9-24)15(21)16(14)23)19(30)27(20)11-5-6-12(13(22)8-11)17(28)25-3/h4-8,12-13H,1-3H3,(H,25,28). The molecule has 3 rings (SSSR count). The van der Waals surface area contributed by atoms with Crippen LogP contribution in [0, 0.1) is 23.1 Å². The monoisotopic (exact) mass is 450 g/mol. The molecule has 156 valence electrons. The van der Waals surface area contributed by atoms with E-state index in [2.05, 4.69) is 5.32 Å². The van der Waals surface area contributed by atoms with E-state index in [1.54, 1.807) is 19.9 Å². The normalized spacial score (nSPS) is 22.8. The summed E-state index contributed by atoms with van der Waals surface area (Å²) in [6, 6.07) is 4.30. The SMILES string of the molecule is CNC(=O)C1C=CC(N2C(=S)N(c3ccc(C#N)c(Cl)c3F)C(=O)C2(C)C)=CC1F. The average molecular weight is 451 g/mol. The highest BCUT2D eigenvalue weighted by Gasteiger charge is 2.52. The zero-order valence-corrected chi connectivity index (χ0v) is 17.8. The van der Waals surface area contributed by atoms with Gasteiger partial charge in [0.25, 0.3) is 5.91 Å². The van der Waals surface area contributed by atoms with Gasteiger partial charge in [0.05, 0.1) is 22.2 Å². The molecule has 2 amide bonds. The Bertz CT molecular complexity index is 1060. The van der Waals surface area contributed by atoms with Crippen molar-refractivity contribution in [2.24, 2.45) is 5.92 Å². The van der Waals surface area contributed by atoms with Gasteiger partial charge in [-0.25, -0.2) is 8.78 Å². The number of allylic oxidation sites excluding steroid dienone is 2. The Morgan fingerprint density at radius 3 is 2.63 bits per heavy atom. The van der Waals surface area contributed by atoms with Crippen molar-refractivity contribution in [1.82, 2.24) is 10.2 Å². The van der Waals surface area contributed by atoms with Crippen LogP contribution in [-0.2, 0) is 9.59 Å². The number of thiocarbonyl (C=S) groups is 1. The van der Waals surface area contributed by atoms with Gasteiger partial charge >= 0.3 is 0 Å². The van der Waals surface area contributed by atoms with Crippen molar-refractivity contribution in [3.8, 4) is 6.07 Å². The maximum Gasteiger partial charge on any atom is 0.259 e. The molecule has 1 fully saturated rings. The molecule has 2 aliphatic rings. The molecule has 1 aliphatic heterocycles. The van der Waals surface area contributed by atoms with E-state index < -0.39 is 40.3 Å². The Balaban J connectivity index is 2.03. The molecule has 0 bridgehead atoms. The van der Waals surface area contributed by atoms with Crippen LogP contribution in [0.4, 0.5) is 14.5 Å². The van der Waals surface area contributed by atoms with E-state index in [4.69, 9.17) is 29.1 Å². The number of carbonyl (C=O) groups is 2. The molecule has 0 radical (unpaired) electrons. The van der Waals surface area contributed by atoms with Crippen LogP contribution < -0.4 is 10.2 Å². The number of hydrogen-bond donors (Lipinski definition) is 1. The third kappa shape index (κ3) is 3.26. The Labute approximate surface area is 182 Å². The number of nitriles is 1. The van der Waals surface area contributed by atoms with Gasteiger partial charge in [-0.1, -0.05) is 17.7 Å². The van der Waals surface area contributed by atoms with Crippen molar-refractivity contribution in [3.63, 3.8) is 0 Å². The molecule has 0 saturated carbocycles. The van der Waals surface area contributed by atoms with Crippen molar-refractivity contribution in [2.75, 3.05) is 11.9 Å². The first-order chi connectivity index (χ1) is 14.1. The topological polar surface area (TPSA) is 76.4 Å². The van der Waals surface area contributed by atoms with E-state index >= 15 is 0 Å².